The van der Waals surface area contributed by atoms with Crippen molar-refractivity contribution in [2.75, 3.05) is 10.6 Å². The molecule has 7 heteroatoms. The summed E-state index contributed by atoms with van der Waals surface area (Å²) in [4.78, 5) is 24.7. The second kappa shape index (κ2) is 8.38. The molecule has 0 bridgehead atoms. The Bertz CT molecular complexity index is 759. The predicted molar refractivity (Wildman–Crippen MR) is 104 cm³/mol. The molecule has 1 fully saturated rings. The molecule has 1 saturated carbocycles. The third-order valence-electron chi connectivity index (χ3n) is 4.74. The Hall–Kier alpha value is -2.31. The van der Waals surface area contributed by atoms with Gasteiger partial charge in [-0.25, -0.2) is 0 Å². The molecule has 0 saturated heterocycles. The van der Waals surface area contributed by atoms with Gasteiger partial charge in [0, 0.05) is 16.9 Å². The first-order chi connectivity index (χ1) is 12.0. The Morgan fingerprint density at radius 1 is 1.19 bits per heavy atom. The number of anilines is 2. The number of benzene rings is 1. The van der Waals surface area contributed by atoms with Crippen LogP contribution in [0.4, 0.5) is 11.4 Å². The molecule has 1 aromatic heterocycles. The molecule has 140 valence electrons. The van der Waals surface area contributed by atoms with Crippen LogP contribution in [0.3, 0.4) is 0 Å². The molecule has 4 N–H and O–H groups in total. The molecule has 6 nitrogen and oxygen atoms in total. The number of furan rings is 1. The zero-order chi connectivity index (χ0) is 17.9. The quantitative estimate of drug-likeness (QED) is 0.754. The van der Waals surface area contributed by atoms with Crippen LogP contribution in [-0.2, 0) is 4.79 Å². The number of nitrogens with two attached hydrogens (primary N) is 1. The normalized spacial score (nSPS) is 22.2. The van der Waals surface area contributed by atoms with E-state index in [0.717, 1.165) is 25.7 Å². The maximum atomic E-state index is 12.6. The highest BCUT2D eigenvalue weighted by Gasteiger charge is 2.37. The first-order valence-electron chi connectivity index (χ1n) is 8.49. The maximum absolute atomic E-state index is 12.6. The van der Waals surface area contributed by atoms with E-state index in [-0.39, 0.29) is 30.1 Å². The first-order valence-corrected chi connectivity index (χ1v) is 8.49. The van der Waals surface area contributed by atoms with E-state index in [0.29, 0.717) is 16.9 Å². The Morgan fingerprint density at radius 3 is 2.58 bits per heavy atom. The van der Waals surface area contributed by atoms with Gasteiger partial charge in [-0.3, -0.25) is 9.59 Å². The summed E-state index contributed by atoms with van der Waals surface area (Å²) >= 11 is 0. The van der Waals surface area contributed by atoms with Crippen LogP contribution in [0, 0.1) is 5.92 Å². The van der Waals surface area contributed by atoms with E-state index >= 15 is 0 Å². The largest absolute Gasteiger partial charge is 0.472 e. The van der Waals surface area contributed by atoms with Gasteiger partial charge in [0.25, 0.3) is 5.91 Å². The number of hydrogen-bond acceptors (Lipinski definition) is 4. The lowest BCUT2D eigenvalue weighted by Crippen LogP contribution is -2.51. The third kappa shape index (κ3) is 4.65. The van der Waals surface area contributed by atoms with E-state index in [1.54, 1.807) is 30.3 Å². The van der Waals surface area contributed by atoms with E-state index in [2.05, 4.69) is 10.6 Å². The zero-order valence-electron chi connectivity index (χ0n) is 14.7. The molecule has 1 aromatic carbocycles. The van der Waals surface area contributed by atoms with Crippen LogP contribution in [0.15, 0.2) is 47.3 Å². The number of halogens is 1. The number of carbonyl (C=O) groups excluding carboxylic acids is 2. The van der Waals surface area contributed by atoms with Crippen LogP contribution in [0.5, 0.6) is 0 Å². The standard InChI is InChI=1S/C19H23N3O3.ClH/c1-19(20)9-3-2-7-16(19)18(24)22-15-6-4-5-14(11-15)21-17(23)13-8-10-25-12-13;/h4-6,8,10-12,16H,2-3,7,9,20H2,1H3,(H,21,23)(H,22,24);1H. The number of hydrogen-bond donors (Lipinski definition) is 3. The van der Waals surface area contributed by atoms with Gasteiger partial charge in [0.2, 0.25) is 5.91 Å². The Balaban J connectivity index is 0.00000243. The minimum absolute atomic E-state index is 0. The van der Waals surface area contributed by atoms with Crippen LogP contribution in [0.2, 0.25) is 0 Å². The second-order valence-corrected chi connectivity index (χ2v) is 6.84. The third-order valence-corrected chi connectivity index (χ3v) is 4.74. The molecule has 1 aliphatic rings. The summed E-state index contributed by atoms with van der Waals surface area (Å²) in [5.74, 6) is -0.535. The smallest absolute Gasteiger partial charge is 0.258 e. The molecule has 3 rings (SSSR count). The summed E-state index contributed by atoms with van der Waals surface area (Å²) in [5.41, 5.74) is 7.50. The molecule has 0 spiro atoms. The zero-order valence-corrected chi connectivity index (χ0v) is 15.5. The monoisotopic (exact) mass is 377 g/mol. The lowest BCUT2D eigenvalue weighted by atomic mass is 9.74. The van der Waals surface area contributed by atoms with Crippen LogP contribution < -0.4 is 16.4 Å². The van der Waals surface area contributed by atoms with Gasteiger partial charge in [-0.05, 0) is 44.0 Å². The van der Waals surface area contributed by atoms with Crippen molar-refractivity contribution >= 4 is 35.6 Å². The van der Waals surface area contributed by atoms with Crippen LogP contribution in [-0.4, -0.2) is 17.4 Å². The second-order valence-electron chi connectivity index (χ2n) is 6.84. The van der Waals surface area contributed by atoms with Gasteiger partial charge in [0.05, 0.1) is 17.7 Å². The topological polar surface area (TPSA) is 97.4 Å². The highest BCUT2D eigenvalue weighted by Crippen LogP contribution is 2.32. The van der Waals surface area contributed by atoms with Crippen LogP contribution >= 0.6 is 12.4 Å². The van der Waals surface area contributed by atoms with Crippen LogP contribution in [0.25, 0.3) is 0 Å². The van der Waals surface area contributed by atoms with E-state index in [9.17, 15) is 9.59 Å². The minimum atomic E-state index is -0.477. The van der Waals surface area contributed by atoms with Crippen molar-refractivity contribution < 1.29 is 14.0 Å². The maximum Gasteiger partial charge on any atom is 0.258 e. The SMILES string of the molecule is CC1(N)CCCCC1C(=O)Nc1cccc(NC(=O)c2ccoc2)c1.Cl. The van der Waals surface area contributed by atoms with E-state index in [1.165, 1.54) is 12.5 Å². The van der Waals surface area contributed by atoms with Gasteiger partial charge >= 0.3 is 0 Å². The van der Waals surface area contributed by atoms with Gasteiger partial charge in [-0.1, -0.05) is 18.9 Å². The predicted octanol–water partition coefficient (Wildman–Crippen LogP) is 3.80. The number of rotatable bonds is 4. The molecular weight excluding hydrogens is 354 g/mol. The Labute approximate surface area is 158 Å². The fourth-order valence-corrected chi connectivity index (χ4v) is 3.29. The van der Waals surface area contributed by atoms with Gasteiger partial charge in [0.1, 0.15) is 6.26 Å². The van der Waals surface area contributed by atoms with E-state index in [4.69, 9.17) is 10.2 Å². The van der Waals surface area contributed by atoms with Crippen molar-refractivity contribution in [1.82, 2.24) is 0 Å². The van der Waals surface area contributed by atoms with Gasteiger partial charge in [-0.15, -0.1) is 12.4 Å². The molecule has 1 aliphatic carbocycles. The lowest BCUT2D eigenvalue weighted by Gasteiger charge is -2.37. The minimum Gasteiger partial charge on any atom is -0.472 e. The molecule has 2 unspecified atom stereocenters. The van der Waals surface area contributed by atoms with Crippen molar-refractivity contribution in [3.63, 3.8) is 0 Å². The molecule has 1 heterocycles. The molecule has 2 atom stereocenters. The van der Waals surface area contributed by atoms with Crippen molar-refractivity contribution in [2.24, 2.45) is 11.7 Å². The highest BCUT2D eigenvalue weighted by molar-refractivity contribution is 6.04. The van der Waals surface area contributed by atoms with Crippen molar-refractivity contribution in [1.29, 1.82) is 0 Å². The molecule has 2 aromatic rings. The van der Waals surface area contributed by atoms with Crippen molar-refractivity contribution in [3.8, 4) is 0 Å². The van der Waals surface area contributed by atoms with Crippen LogP contribution in [0.1, 0.15) is 43.0 Å². The Kier molecular flexibility index (Phi) is 6.45. The molecule has 2 amide bonds. The number of amides is 2. The van der Waals surface area contributed by atoms with Crippen molar-refractivity contribution in [2.45, 2.75) is 38.1 Å². The molecular formula is C19H24ClN3O3. The van der Waals surface area contributed by atoms with Gasteiger partial charge < -0.3 is 20.8 Å². The average molecular weight is 378 g/mol. The summed E-state index contributed by atoms with van der Waals surface area (Å²) in [5, 5.41) is 5.71. The molecule has 0 radical (unpaired) electrons. The average Bonchev–Trinajstić information content (AvgIpc) is 3.09. The summed E-state index contributed by atoms with van der Waals surface area (Å²) in [6.45, 7) is 1.94. The number of nitrogens with one attached hydrogen (secondary N) is 2. The summed E-state index contributed by atoms with van der Waals surface area (Å²) < 4.78 is 4.91. The Morgan fingerprint density at radius 2 is 1.92 bits per heavy atom. The lowest BCUT2D eigenvalue weighted by molar-refractivity contribution is -0.122. The summed E-state index contributed by atoms with van der Waals surface area (Å²) in [6, 6.07) is 8.66. The van der Waals surface area contributed by atoms with Gasteiger partial charge in [0.15, 0.2) is 0 Å². The molecule has 0 aliphatic heterocycles. The molecule has 26 heavy (non-hydrogen) atoms. The first kappa shape index (κ1) is 20.0. The highest BCUT2D eigenvalue weighted by atomic mass is 35.5. The van der Waals surface area contributed by atoms with Gasteiger partial charge in [-0.2, -0.15) is 0 Å². The van der Waals surface area contributed by atoms with Crippen molar-refractivity contribution in [3.05, 3.63) is 48.4 Å². The van der Waals surface area contributed by atoms with E-state index < -0.39 is 5.54 Å². The summed E-state index contributed by atoms with van der Waals surface area (Å²) in [7, 11) is 0. The summed E-state index contributed by atoms with van der Waals surface area (Å²) in [6.07, 6.45) is 6.56. The van der Waals surface area contributed by atoms with E-state index in [1.807, 2.05) is 6.92 Å². The fourth-order valence-electron chi connectivity index (χ4n) is 3.29. The number of carbonyl (C=O) groups is 2. The fraction of sp³-hybridized carbons (Fsp3) is 0.368.